The molecule has 5 unspecified atom stereocenters. The van der Waals surface area contributed by atoms with Crippen LogP contribution in [0.2, 0.25) is 0 Å². The molecule has 5 atom stereocenters. The van der Waals surface area contributed by atoms with Crippen molar-refractivity contribution >= 4 is 11.9 Å². The number of nitrogens with zero attached hydrogens (tertiary/aromatic N) is 1. The molecule has 3 amide bonds. The molecule has 2 bridgehead atoms. The molecule has 1 heterocycles. The molecular formula is C19H33N3O2. The SMILES string of the molecule is CCC1CCCCN1CC(=O)NC(=O)NC(C)C1CC2CCC1C2. The Morgan fingerprint density at radius 3 is 2.67 bits per heavy atom. The number of urea groups is 1. The molecule has 1 aliphatic heterocycles. The van der Waals surface area contributed by atoms with Crippen molar-refractivity contribution < 1.29 is 9.59 Å². The lowest BCUT2D eigenvalue weighted by atomic mass is 9.84. The van der Waals surface area contributed by atoms with Crippen LogP contribution in [0.15, 0.2) is 0 Å². The second kappa shape index (κ2) is 7.85. The van der Waals surface area contributed by atoms with Crippen molar-refractivity contribution in [1.82, 2.24) is 15.5 Å². The summed E-state index contributed by atoms with van der Waals surface area (Å²) in [5.74, 6) is 2.07. The van der Waals surface area contributed by atoms with E-state index >= 15 is 0 Å². The molecule has 2 aliphatic carbocycles. The van der Waals surface area contributed by atoms with Crippen LogP contribution in [0, 0.1) is 17.8 Å². The topological polar surface area (TPSA) is 61.4 Å². The van der Waals surface area contributed by atoms with E-state index in [0.29, 0.717) is 18.5 Å². The molecule has 24 heavy (non-hydrogen) atoms. The van der Waals surface area contributed by atoms with Crippen LogP contribution in [0.25, 0.3) is 0 Å². The highest BCUT2D eigenvalue weighted by Crippen LogP contribution is 2.49. The van der Waals surface area contributed by atoms with E-state index in [-0.39, 0.29) is 18.0 Å². The number of hydrogen-bond donors (Lipinski definition) is 2. The van der Waals surface area contributed by atoms with Gasteiger partial charge in [0, 0.05) is 12.1 Å². The van der Waals surface area contributed by atoms with Gasteiger partial charge in [0.2, 0.25) is 5.91 Å². The minimum absolute atomic E-state index is 0.159. The van der Waals surface area contributed by atoms with Crippen LogP contribution in [-0.4, -0.2) is 42.0 Å². The van der Waals surface area contributed by atoms with Gasteiger partial charge in [0.25, 0.3) is 0 Å². The van der Waals surface area contributed by atoms with Gasteiger partial charge in [-0.2, -0.15) is 0 Å². The first kappa shape index (κ1) is 17.7. The summed E-state index contributed by atoms with van der Waals surface area (Å²) in [6.45, 7) is 5.57. The molecular weight excluding hydrogens is 302 g/mol. The van der Waals surface area contributed by atoms with E-state index in [4.69, 9.17) is 0 Å². The third-order valence-corrected chi connectivity index (χ3v) is 6.61. The van der Waals surface area contributed by atoms with Gasteiger partial charge < -0.3 is 5.32 Å². The monoisotopic (exact) mass is 335 g/mol. The number of nitrogens with one attached hydrogen (secondary N) is 2. The Morgan fingerprint density at radius 2 is 2.00 bits per heavy atom. The molecule has 3 fully saturated rings. The van der Waals surface area contributed by atoms with E-state index in [0.717, 1.165) is 37.6 Å². The average molecular weight is 335 g/mol. The maximum absolute atomic E-state index is 12.2. The van der Waals surface area contributed by atoms with E-state index in [1.807, 2.05) is 0 Å². The summed E-state index contributed by atoms with van der Waals surface area (Å²) >= 11 is 0. The van der Waals surface area contributed by atoms with E-state index in [2.05, 4.69) is 29.4 Å². The maximum Gasteiger partial charge on any atom is 0.321 e. The molecule has 0 spiro atoms. The smallest absolute Gasteiger partial charge is 0.321 e. The summed E-state index contributed by atoms with van der Waals surface area (Å²) < 4.78 is 0. The summed E-state index contributed by atoms with van der Waals surface area (Å²) in [4.78, 5) is 26.6. The van der Waals surface area contributed by atoms with Crippen LogP contribution in [0.4, 0.5) is 4.79 Å². The van der Waals surface area contributed by atoms with Gasteiger partial charge >= 0.3 is 6.03 Å². The lowest BCUT2D eigenvalue weighted by molar-refractivity contribution is -0.122. The maximum atomic E-state index is 12.2. The first-order valence-corrected chi connectivity index (χ1v) is 9.91. The molecule has 2 N–H and O–H groups in total. The molecule has 3 aliphatic rings. The number of carbonyl (C=O) groups is 2. The highest BCUT2D eigenvalue weighted by molar-refractivity contribution is 5.95. The molecule has 5 heteroatoms. The predicted octanol–water partition coefficient (Wildman–Crippen LogP) is 2.90. The first-order valence-electron chi connectivity index (χ1n) is 9.91. The van der Waals surface area contributed by atoms with Gasteiger partial charge in [0.05, 0.1) is 6.54 Å². The molecule has 5 nitrogen and oxygen atoms in total. The van der Waals surface area contributed by atoms with Crippen LogP contribution in [0.5, 0.6) is 0 Å². The lowest BCUT2D eigenvalue weighted by Crippen LogP contribution is -2.51. The second-order valence-corrected chi connectivity index (χ2v) is 8.18. The molecule has 1 saturated heterocycles. The average Bonchev–Trinajstić information content (AvgIpc) is 3.18. The zero-order valence-electron chi connectivity index (χ0n) is 15.2. The van der Waals surface area contributed by atoms with Gasteiger partial charge in [0.1, 0.15) is 0 Å². The number of amides is 3. The van der Waals surface area contributed by atoms with E-state index in [1.54, 1.807) is 0 Å². The fraction of sp³-hybridized carbons (Fsp3) is 0.895. The Hall–Kier alpha value is -1.10. The molecule has 0 radical (unpaired) electrons. The van der Waals surface area contributed by atoms with Gasteiger partial charge in [-0.25, -0.2) is 4.79 Å². The van der Waals surface area contributed by atoms with Crippen molar-refractivity contribution in [2.24, 2.45) is 17.8 Å². The highest BCUT2D eigenvalue weighted by atomic mass is 16.2. The van der Waals surface area contributed by atoms with Crippen molar-refractivity contribution in [1.29, 1.82) is 0 Å². The molecule has 0 aromatic carbocycles. The fourth-order valence-corrected chi connectivity index (χ4v) is 5.34. The predicted molar refractivity (Wildman–Crippen MR) is 94.6 cm³/mol. The van der Waals surface area contributed by atoms with Crippen LogP contribution in [-0.2, 0) is 4.79 Å². The van der Waals surface area contributed by atoms with Crippen LogP contribution in [0.1, 0.15) is 65.2 Å². The minimum atomic E-state index is -0.319. The Kier molecular flexibility index (Phi) is 5.80. The van der Waals surface area contributed by atoms with Crippen molar-refractivity contribution in [2.45, 2.75) is 77.3 Å². The normalized spacial score (nSPS) is 34.1. The largest absolute Gasteiger partial charge is 0.335 e. The number of fused-ring (bicyclic) bond motifs is 2. The van der Waals surface area contributed by atoms with Crippen LogP contribution in [0.3, 0.4) is 0 Å². The Balaban J connectivity index is 1.41. The molecule has 0 aromatic rings. The third kappa shape index (κ3) is 4.11. The van der Waals surface area contributed by atoms with Crippen molar-refractivity contribution in [2.75, 3.05) is 13.1 Å². The standard InChI is InChI=1S/C19H33N3O2/c1-3-16-6-4-5-9-22(16)12-18(23)21-19(24)20-13(2)17-11-14-7-8-15(17)10-14/h13-17H,3-12H2,1-2H3,(H2,20,21,23,24). The van der Waals surface area contributed by atoms with Crippen molar-refractivity contribution in [3.63, 3.8) is 0 Å². The lowest BCUT2D eigenvalue weighted by Gasteiger charge is -2.34. The zero-order valence-corrected chi connectivity index (χ0v) is 15.2. The molecule has 136 valence electrons. The number of hydrogen-bond acceptors (Lipinski definition) is 3. The molecule has 3 rings (SSSR count). The summed E-state index contributed by atoms with van der Waals surface area (Å²) in [5, 5.41) is 5.55. The number of likely N-dealkylation sites (tertiary alicyclic amines) is 1. The van der Waals surface area contributed by atoms with E-state index < -0.39 is 0 Å². The first-order chi connectivity index (χ1) is 11.6. The van der Waals surface area contributed by atoms with Gasteiger partial charge in [-0.1, -0.05) is 19.8 Å². The molecule has 0 aromatic heterocycles. The van der Waals surface area contributed by atoms with E-state index in [9.17, 15) is 9.59 Å². The van der Waals surface area contributed by atoms with Gasteiger partial charge in [-0.15, -0.1) is 0 Å². The molecule has 2 saturated carbocycles. The van der Waals surface area contributed by atoms with Gasteiger partial charge in [-0.3, -0.25) is 15.0 Å². The van der Waals surface area contributed by atoms with Gasteiger partial charge in [0.15, 0.2) is 0 Å². The van der Waals surface area contributed by atoms with Crippen LogP contribution < -0.4 is 10.6 Å². The van der Waals surface area contributed by atoms with E-state index in [1.165, 1.54) is 32.1 Å². The summed E-state index contributed by atoms with van der Waals surface area (Å²) in [6.07, 6.45) is 9.90. The minimum Gasteiger partial charge on any atom is -0.335 e. The second-order valence-electron chi connectivity index (χ2n) is 8.18. The highest BCUT2D eigenvalue weighted by Gasteiger charge is 2.42. The van der Waals surface area contributed by atoms with Crippen molar-refractivity contribution in [3.05, 3.63) is 0 Å². The number of rotatable bonds is 5. The quantitative estimate of drug-likeness (QED) is 0.812. The summed E-state index contributed by atoms with van der Waals surface area (Å²) in [7, 11) is 0. The Bertz CT molecular complexity index is 468. The summed E-state index contributed by atoms with van der Waals surface area (Å²) in [6, 6.07) is 0.326. The number of piperidine rings is 1. The number of carbonyl (C=O) groups excluding carboxylic acids is 2. The number of imide groups is 1. The Morgan fingerprint density at radius 1 is 1.17 bits per heavy atom. The Labute approximate surface area is 145 Å². The van der Waals surface area contributed by atoms with Crippen LogP contribution >= 0.6 is 0 Å². The zero-order chi connectivity index (χ0) is 17.1. The third-order valence-electron chi connectivity index (χ3n) is 6.61. The fourth-order valence-electron chi connectivity index (χ4n) is 5.34. The van der Waals surface area contributed by atoms with Gasteiger partial charge in [-0.05, 0) is 69.7 Å². The van der Waals surface area contributed by atoms with Crippen molar-refractivity contribution in [3.8, 4) is 0 Å². The summed E-state index contributed by atoms with van der Waals surface area (Å²) in [5.41, 5.74) is 0.